The second kappa shape index (κ2) is 7.37. The van der Waals surface area contributed by atoms with E-state index in [4.69, 9.17) is 23.2 Å². The van der Waals surface area contributed by atoms with Crippen molar-refractivity contribution in [3.8, 4) is 0 Å². The maximum absolute atomic E-state index is 12.5. The largest absolute Gasteiger partial charge is 0.266 e. The van der Waals surface area contributed by atoms with Crippen molar-refractivity contribution in [3.63, 3.8) is 0 Å². The smallest absolute Gasteiger partial charge is 0.264 e. The normalized spacial score (nSPS) is 11.5. The number of hydrogen-bond acceptors (Lipinski definition) is 3. The van der Waals surface area contributed by atoms with E-state index in [1.165, 1.54) is 18.2 Å². The number of anilines is 1. The summed E-state index contributed by atoms with van der Waals surface area (Å²) in [6.07, 6.45) is 1.69. The SMILES string of the molecule is O=S(=O)(Nc1ccn(Cc2ccc(Br)cc2)n1)c1cc(Cl)ccc1Cl. The fraction of sp³-hybridized carbons (Fsp3) is 0.0625. The van der Waals surface area contributed by atoms with Crippen LogP contribution >= 0.6 is 39.1 Å². The zero-order chi connectivity index (χ0) is 18.0. The minimum Gasteiger partial charge on any atom is -0.266 e. The summed E-state index contributed by atoms with van der Waals surface area (Å²) in [7, 11) is -3.88. The van der Waals surface area contributed by atoms with Gasteiger partial charge < -0.3 is 0 Å². The standard InChI is InChI=1S/C16H12BrCl2N3O2S/c17-12-3-1-11(2-4-12)10-22-8-7-16(20-22)21-25(23,24)15-9-13(18)5-6-14(15)19/h1-9H,10H2,(H,20,21). The number of sulfonamides is 1. The molecule has 0 radical (unpaired) electrons. The van der Waals surface area contributed by atoms with Crippen LogP contribution in [-0.2, 0) is 16.6 Å². The van der Waals surface area contributed by atoms with Gasteiger partial charge in [-0.25, -0.2) is 8.42 Å². The van der Waals surface area contributed by atoms with E-state index in [9.17, 15) is 8.42 Å². The Morgan fingerprint density at radius 2 is 1.80 bits per heavy atom. The number of hydrogen-bond donors (Lipinski definition) is 1. The lowest BCUT2D eigenvalue weighted by atomic mass is 10.2. The number of rotatable bonds is 5. The van der Waals surface area contributed by atoms with E-state index in [2.05, 4.69) is 25.8 Å². The first-order valence-corrected chi connectivity index (χ1v) is 10.1. The zero-order valence-corrected chi connectivity index (χ0v) is 16.6. The summed E-state index contributed by atoms with van der Waals surface area (Å²) in [5.74, 6) is 0.202. The fourth-order valence-corrected chi connectivity index (χ4v) is 4.18. The lowest BCUT2D eigenvalue weighted by Gasteiger charge is -2.08. The highest BCUT2D eigenvalue weighted by molar-refractivity contribution is 9.10. The molecular weight excluding hydrogens is 449 g/mol. The van der Waals surface area contributed by atoms with Gasteiger partial charge in [-0.2, -0.15) is 5.10 Å². The second-order valence-corrected chi connectivity index (χ2v) is 8.62. The van der Waals surface area contributed by atoms with Crippen LogP contribution in [0.4, 0.5) is 5.82 Å². The molecule has 2 aromatic carbocycles. The number of halogens is 3. The van der Waals surface area contributed by atoms with Gasteiger partial charge in [-0.3, -0.25) is 9.40 Å². The van der Waals surface area contributed by atoms with E-state index < -0.39 is 10.0 Å². The molecule has 5 nitrogen and oxygen atoms in total. The maximum atomic E-state index is 12.5. The summed E-state index contributed by atoms with van der Waals surface area (Å²) in [5, 5.41) is 4.60. The molecule has 0 aliphatic heterocycles. The van der Waals surface area contributed by atoms with E-state index in [-0.39, 0.29) is 20.8 Å². The van der Waals surface area contributed by atoms with Crippen LogP contribution in [0.25, 0.3) is 0 Å². The summed E-state index contributed by atoms with van der Waals surface area (Å²) >= 11 is 15.2. The third kappa shape index (κ3) is 4.55. The molecule has 0 fully saturated rings. The molecular formula is C16H12BrCl2N3O2S. The molecule has 0 atom stereocenters. The van der Waals surface area contributed by atoms with Crippen molar-refractivity contribution in [2.24, 2.45) is 0 Å². The third-order valence-electron chi connectivity index (χ3n) is 3.32. The predicted molar refractivity (Wildman–Crippen MR) is 103 cm³/mol. The molecule has 0 saturated heterocycles. The molecule has 0 aliphatic rings. The second-order valence-electron chi connectivity index (χ2n) is 5.21. The number of nitrogens with zero attached hydrogens (tertiary/aromatic N) is 2. The molecule has 9 heteroatoms. The van der Waals surface area contributed by atoms with Crippen LogP contribution in [0.3, 0.4) is 0 Å². The Morgan fingerprint density at radius 1 is 1.08 bits per heavy atom. The summed E-state index contributed by atoms with van der Waals surface area (Å²) in [6, 6.07) is 13.6. The Kier molecular flexibility index (Phi) is 5.38. The van der Waals surface area contributed by atoms with Crippen LogP contribution in [0.5, 0.6) is 0 Å². The highest BCUT2D eigenvalue weighted by Gasteiger charge is 2.19. The van der Waals surface area contributed by atoms with Crippen molar-refractivity contribution in [2.75, 3.05) is 4.72 Å². The van der Waals surface area contributed by atoms with E-state index >= 15 is 0 Å². The van der Waals surface area contributed by atoms with Gasteiger partial charge >= 0.3 is 0 Å². The Bertz CT molecular complexity index is 1000. The number of nitrogens with one attached hydrogen (secondary N) is 1. The molecule has 0 aliphatic carbocycles. The molecule has 1 heterocycles. The number of aromatic nitrogens is 2. The molecule has 0 unspecified atom stereocenters. The Morgan fingerprint density at radius 3 is 2.52 bits per heavy atom. The summed E-state index contributed by atoms with van der Waals surface area (Å²) in [5.41, 5.74) is 1.04. The van der Waals surface area contributed by atoms with E-state index in [1.807, 2.05) is 24.3 Å². The molecule has 0 bridgehead atoms. The van der Waals surface area contributed by atoms with E-state index in [0.29, 0.717) is 6.54 Å². The molecule has 0 spiro atoms. The van der Waals surface area contributed by atoms with Gasteiger partial charge in [0.2, 0.25) is 0 Å². The first-order chi connectivity index (χ1) is 11.8. The first kappa shape index (κ1) is 18.3. The zero-order valence-electron chi connectivity index (χ0n) is 12.7. The van der Waals surface area contributed by atoms with Gasteiger partial charge in [0.25, 0.3) is 10.0 Å². The molecule has 25 heavy (non-hydrogen) atoms. The van der Waals surface area contributed by atoms with E-state index in [1.54, 1.807) is 16.9 Å². The predicted octanol–water partition coefficient (Wildman–Crippen LogP) is 4.80. The molecule has 0 amide bonds. The quantitative estimate of drug-likeness (QED) is 0.594. The van der Waals surface area contributed by atoms with Crippen LogP contribution in [0.15, 0.2) is 64.1 Å². The van der Waals surface area contributed by atoms with Crippen molar-refractivity contribution >= 4 is 55.0 Å². The van der Waals surface area contributed by atoms with Gasteiger partial charge in [0.1, 0.15) is 4.90 Å². The van der Waals surface area contributed by atoms with Crippen molar-refractivity contribution in [2.45, 2.75) is 11.4 Å². The first-order valence-electron chi connectivity index (χ1n) is 7.09. The van der Waals surface area contributed by atoms with Gasteiger partial charge in [0.05, 0.1) is 11.6 Å². The van der Waals surface area contributed by atoms with Crippen molar-refractivity contribution < 1.29 is 8.42 Å². The summed E-state index contributed by atoms with van der Waals surface area (Å²) in [4.78, 5) is -0.0934. The Balaban J connectivity index is 1.78. The lowest BCUT2D eigenvalue weighted by Crippen LogP contribution is -2.14. The highest BCUT2D eigenvalue weighted by Crippen LogP contribution is 2.26. The number of benzene rings is 2. The maximum Gasteiger partial charge on any atom is 0.264 e. The summed E-state index contributed by atoms with van der Waals surface area (Å²) < 4.78 is 30.0. The van der Waals surface area contributed by atoms with Gasteiger partial charge in [-0.05, 0) is 35.9 Å². The molecule has 3 aromatic rings. The topological polar surface area (TPSA) is 64.0 Å². The monoisotopic (exact) mass is 459 g/mol. The average Bonchev–Trinajstić information content (AvgIpc) is 2.98. The van der Waals surface area contributed by atoms with Gasteiger partial charge in [0.15, 0.2) is 5.82 Å². The fourth-order valence-electron chi connectivity index (χ4n) is 2.16. The minimum atomic E-state index is -3.88. The van der Waals surface area contributed by atoms with Crippen LogP contribution < -0.4 is 4.72 Å². The van der Waals surface area contributed by atoms with Crippen LogP contribution in [0, 0.1) is 0 Å². The van der Waals surface area contributed by atoms with Gasteiger partial charge in [-0.1, -0.05) is 51.3 Å². The molecule has 0 saturated carbocycles. The average molecular weight is 461 g/mol. The Hall–Kier alpha value is -1.54. The molecule has 130 valence electrons. The van der Waals surface area contributed by atoms with Crippen LogP contribution in [0.1, 0.15) is 5.56 Å². The van der Waals surface area contributed by atoms with Crippen molar-refractivity contribution in [1.82, 2.24) is 9.78 Å². The van der Waals surface area contributed by atoms with Crippen LogP contribution in [0.2, 0.25) is 10.0 Å². The Labute approximate surface area is 163 Å². The molecule has 1 N–H and O–H groups in total. The van der Waals surface area contributed by atoms with Crippen molar-refractivity contribution in [1.29, 1.82) is 0 Å². The van der Waals surface area contributed by atoms with Gasteiger partial charge in [-0.15, -0.1) is 0 Å². The van der Waals surface area contributed by atoms with Crippen molar-refractivity contribution in [3.05, 3.63) is 74.8 Å². The third-order valence-corrected chi connectivity index (χ3v) is 5.92. The lowest BCUT2D eigenvalue weighted by molar-refractivity contribution is 0.600. The molecule has 1 aromatic heterocycles. The summed E-state index contributed by atoms with van der Waals surface area (Å²) in [6.45, 7) is 0.521. The van der Waals surface area contributed by atoms with Gasteiger partial charge in [0, 0.05) is 21.8 Å². The highest BCUT2D eigenvalue weighted by atomic mass is 79.9. The van der Waals surface area contributed by atoms with E-state index in [0.717, 1.165) is 10.0 Å². The minimum absolute atomic E-state index is 0.0891. The molecule has 3 rings (SSSR count). The van der Waals surface area contributed by atoms with Crippen LogP contribution in [-0.4, -0.2) is 18.2 Å².